The number of nitrogens with one attached hydrogen (secondary N) is 1. The van der Waals surface area contributed by atoms with Crippen LogP contribution in [0.25, 0.3) is 0 Å². The van der Waals surface area contributed by atoms with Gasteiger partial charge in [0.1, 0.15) is 6.04 Å². The molecule has 0 rings (SSSR count). The lowest BCUT2D eigenvalue weighted by atomic mass is 10.2. The van der Waals surface area contributed by atoms with Crippen molar-refractivity contribution in [1.82, 2.24) is 5.32 Å². The van der Waals surface area contributed by atoms with E-state index in [1.165, 1.54) is 18.6 Å². The first-order valence-corrected chi connectivity index (χ1v) is 7.00. The Balaban J connectivity index is 3.30. The Kier molecular flexibility index (Phi) is 10.2. The molecule has 0 aromatic heterocycles. The van der Waals surface area contributed by atoms with Crippen LogP contribution in [0.2, 0.25) is 0 Å². The standard InChI is InChI=1S/C11H23NO2S/c1-4-14-11(13)10(2)12-8-6-5-7-9-15-3/h10,12H,4-9H2,1-3H3. The van der Waals surface area contributed by atoms with Crippen molar-refractivity contribution in [2.75, 3.05) is 25.2 Å². The van der Waals surface area contributed by atoms with Crippen molar-refractivity contribution in [3.8, 4) is 0 Å². The fraction of sp³-hybridized carbons (Fsp3) is 0.909. The van der Waals surface area contributed by atoms with Gasteiger partial charge in [-0.1, -0.05) is 6.42 Å². The molecule has 15 heavy (non-hydrogen) atoms. The first kappa shape index (κ1) is 14.8. The highest BCUT2D eigenvalue weighted by Gasteiger charge is 2.11. The van der Waals surface area contributed by atoms with Crippen molar-refractivity contribution in [2.24, 2.45) is 0 Å². The predicted molar refractivity (Wildman–Crippen MR) is 66.3 cm³/mol. The Morgan fingerprint density at radius 3 is 2.73 bits per heavy atom. The molecule has 0 aliphatic heterocycles. The summed E-state index contributed by atoms with van der Waals surface area (Å²) in [5.74, 6) is 1.08. The van der Waals surface area contributed by atoms with Crippen LogP contribution in [0.15, 0.2) is 0 Å². The molecule has 0 amide bonds. The first-order chi connectivity index (χ1) is 7.22. The maximum Gasteiger partial charge on any atom is 0.322 e. The number of ether oxygens (including phenoxy) is 1. The van der Waals surface area contributed by atoms with Crippen LogP contribution in [-0.4, -0.2) is 37.2 Å². The Morgan fingerprint density at radius 2 is 2.13 bits per heavy atom. The van der Waals surface area contributed by atoms with E-state index < -0.39 is 0 Å². The lowest BCUT2D eigenvalue weighted by Gasteiger charge is -2.12. The third-order valence-electron chi connectivity index (χ3n) is 2.12. The molecule has 0 saturated heterocycles. The topological polar surface area (TPSA) is 38.3 Å². The van der Waals surface area contributed by atoms with Gasteiger partial charge in [0.25, 0.3) is 0 Å². The second kappa shape index (κ2) is 10.3. The van der Waals surface area contributed by atoms with Gasteiger partial charge in [0.2, 0.25) is 0 Å². The van der Waals surface area contributed by atoms with Crippen LogP contribution >= 0.6 is 11.8 Å². The molecule has 0 aliphatic rings. The lowest BCUT2D eigenvalue weighted by molar-refractivity contribution is -0.145. The van der Waals surface area contributed by atoms with Gasteiger partial charge < -0.3 is 10.1 Å². The molecule has 0 bridgehead atoms. The van der Waals surface area contributed by atoms with E-state index in [-0.39, 0.29) is 12.0 Å². The van der Waals surface area contributed by atoms with Crippen LogP contribution in [0.4, 0.5) is 0 Å². The average Bonchev–Trinajstić information content (AvgIpc) is 2.23. The quantitative estimate of drug-likeness (QED) is 0.489. The minimum atomic E-state index is -0.175. The molecule has 0 radical (unpaired) electrons. The summed E-state index contributed by atoms with van der Waals surface area (Å²) in [6.07, 6.45) is 5.74. The molecule has 1 atom stereocenters. The number of thioether (sulfide) groups is 1. The summed E-state index contributed by atoms with van der Waals surface area (Å²) < 4.78 is 4.89. The maximum atomic E-state index is 11.2. The molecule has 0 aromatic carbocycles. The Hall–Kier alpha value is -0.220. The smallest absolute Gasteiger partial charge is 0.322 e. The summed E-state index contributed by atoms with van der Waals surface area (Å²) in [4.78, 5) is 11.2. The minimum Gasteiger partial charge on any atom is -0.465 e. The number of esters is 1. The van der Waals surface area contributed by atoms with E-state index in [4.69, 9.17) is 4.74 Å². The van der Waals surface area contributed by atoms with Crippen LogP contribution in [0.1, 0.15) is 33.1 Å². The van der Waals surface area contributed by atoms with Gasteiger partial charge in [-0.3, -0.25) is 4.79 Å². The van der Waals surface area contributed by atoms with Crippen LogP contribution in [0, 0.1) is 0 Å². The third kappa shape index (κ3) is 8.75. The van der Waals surface area contributed by atoms with E-state index in [9.17, 15) is 4.79 Å². The highest BCUT2D eigenvalue weighted by molar-refractivity contribution is 7.98. The van der Waals surface area contributed by atoms with Crippen molar-refractivity contribution < 1.29 is 9.53 Å². The Bertz CT molecular complexity index is 165. The highest BCUT2D eigenvalue weighted by Crippen LogP contribution is 2.01. The number of unbranched alkanes of at least 4 members (excludes halogenated alkanes) is 2. The molecule has 0 spiro atoms. The van der Waals surface area contributed by atoms with Crippen molar-refractivity contribution in [2.45, 2.75) is 39.2 Å². The van der Waals surface area contributed by atoms with E-state index in [1.54, 1.807) is 0 Å². The summed E-state index contributed by atoms with van der Waals surface area (Å²) in [5, 5.41) is 3.16. The monoisotopic (exact) mass is 233 g/mol. The minimum absolute atomic E-state index is 0.151. The van der Waals surface area contributed by atoms with E-state index in [1.807, 2.05) is 25.6 Å². The van der Waals surface area contributed by atoms with Gasteiger partial charge in [0.05, 0.1) is 6.61 Å². The van der Waals surface area contributed by atoms with Crippen molar-refractivity contribution >= 4 is 17.7 Å². The van der Waals surface area contributed by atoms with Crippen molar-refractivity contribution in [1.29, 1.82) is 0 Å². The zero-order valence-corrected chi connectivity index (χ0v) is 10.9. The van der Waals surface area contributed by atoms with Gasteiger partial charge >= 0.3 is 5.97 Å². The summed E-state index contributed by atoms with van der Waals surface area (Å²) >= 11 is 1.88. The third-order valence-corrected chi connectivity index (χ3v) is 2.81. The SMILES string of the molecule is CCOC(=O)C(C)NCCCCCSC. The second-order valence-corrected chi connectivity index (χ2v) is 4.47. The number of carbonyl (C=O) groups excluding carboxylic acids is 1. The Morgan fingerprint density at radius 1 is 1.40 bits per heavy atom. The molecule has 1 unspecified atom stereocenters. The molecule has 3 nitrogen and oxygen atoms in total. The van der Waals surface area contributed by atoms with Crippen LogP contribution in [0.5, 0.6) is 0 Å². The molecule has 90 valence electrons. The number of hydrogen-bond acceptors (Lipinski definition) is 4. The molecule has 4 heteroatoms. The molecule has 0 fully saturated rings. The van der Waals surface area contributed by atoms with Crippen LogP contribution in [0.3, 0.4) is 0 Å². The summed E-state index contributed by atoms with van der Waals surface area (Å²) in [6.45, 7) is 5.03. The van der Waals surface area contributed by atoms with Gasteiger partial charge in [-0.05, 0) is 45.2 Å². The normalized spacial score (nSPS) is 12.5. The van der Waals surface area contributed by atoms with Crippen LogP contribution in [-0.2, 0) is 9.53 Å². The van der Waals surface area contributed by atoms with E-state index in [2.05, 4.69) is 11.6 Å². The molecule has 1 N–H and O–H groups in total. The van der Waals surface area contributed by atoms with Crippen molar-refractivity contribution in [3.63, 3.8) is 0 Å². The van der Waals surface area contributed by atoms with Gasteiger partial charge in [-0.15, -0.1) is 0 Å². The van der Waals surface area contributed by atoms with Gasteiger partial charge in [-0.2, -0.15) is 11.8 Å². The fourth-order valence-electron chi connectivity index (χ4n) is 1.22. The predicted octanol–water partition coefficient (Wildman–Crippen LogP) is 2.06. The van der Waals surface area contributed by atoms with Gasteiger partial charge in [0.15, 0.2) is 0 Å². The van der Waals surface area contributed by atoms with Crippen molar-refractivity contribution in [3.05, 3.63) is 0 Å². The number of hydrogen-bond donors (Lipinski definition) is 1. The van der Waals surface area contributed by atoms with Gasteiger partial charge in [-0.25, -0.2) is 0 Å². The largest absolute Gasteiger partial charge is 0.465 e. The average molecular weight is 233 g/mol. The summed E-state index contributed by atoms with van der Waals surface area (Å²) in [7, 11) is 0. The van der Waals surface area contributed by atoms with E-state index >= 15 is 0 Å². The zero-order chi connectivity index (χ0) is 11.5. The molecular weight excluding hydrogens is 210 g/mol. The molecule has 0 heterocycles. The number of carbonyl (C=O) groups is 1. The molecule has 0 aliphatic carbocycles. The molecule has 0 aromatic rings. The highest BCUT2D eigenvalue weighted by atomic mass is 32.2. The first-order valence-electron chi connectivity index (χ1n) is 5.61. The van der Waals surface area contributed by atoms with Crippen LogP contribution < -0.4 is 5.32 Å². The number of rotatable bonds is 9. The fourth-order valence-corrected chi connectivity index (χ4v) is 1.71. The summed E-state index contributed by atoms with van der Waals surface area (Å²) in [5.41, 5.74) is 0. The second-order valence-electron chi connectivity index (χ2n) is 3.48. The van der Waals surface area contributed by atoms with Gasteiger partial charge in [0, 0.05) is 0 Å². The molecule has 0 saturated carbocycles. The zero-order valence-electron chi connectivity index (χ0n) is 10.0. The maximum absolute atomic E-state index is 11.2. The van der Waals surface area contributed by atoms with E-state index in [0.29, 0.717) is 6.61 Å². The Labute approximate surface area is 97.3 Å². The lowest BCUT2D eigenvalue weighted by Crippen LogP contribution is -2.35. The van der Waals surface area contributed by atoms with E-state index in [0.717, 1.165) is 13.0 Å². The summed E-state index contributed by atoms with van der Waals surface area (Å²) in [6, 6.07) is -0.175. The molecular formula is C11H23NO2S.